The summed E-state index contributed by atoms with van der Waals surface area (Å²) in [5, 5.41) is 3.15. The summed E-state index contributed by atoms with van der Waals surface area (Å²) >= 11 is 0. The van der Waals surface area contributed by atoms with Gasteiger partial charge in [0.2, 0.25) is 0 Å². The predicted octanol–water partition coefficient (Wildman–Crippen LogP) is 3.26. The topological polar surface area (TPSA) is 34.1 Å². The summed E-state index contributed by atoms with van der Waals surface area (Å²) in [4.78, 5) is 3.80. The third-order valence-corrected chi connectivity index (χ3v) is 3.23. The minimum atomic E-state index is -0.326. The van der Waals surface area contributed by atoms with Crippen molar-refractivity contribution < 1.29 is 9.13 Å². The second kappa shape index (κ2) is 7.12. The van der Waals surface area contributed by atoms with Crippen molar-refractivity contribution in [1.29, 1.82) is 0 Å². The van der Waals surface area contributed by atoms with Crippen LogP contribution >= 0.6 is 0 Å². The predicted molar refractivity (Wildman–Crippen MR) is 76.8 cm³/mol. The van der Waals surface area contributed by atoms with Gasteiger partial charge in [-0.05, 0) is 25.6 Å². The summed E-state index contributed by atoms with van der Waals surface area (Å²) in [6, 6.07) is 11.3. The third-order valence-electron chi connectivity index (χ3n) is 3.23. The van der Waals surface area contributed by atoms with Gasteiger partial charge in [-0.3, -0.25) is 4.98 Å². The van der Waals surface area contributed by atoms with Crippen LogP contribution in [-0.4, -0.2) is 18.6 Å². The van der Waals surface area contributed by atoms with Crippen molar-refractivity contribution in [2.75, 3.05) is 13.7 Å². The number of nitrogens with zero attached hydrogens (tertiary/aromatic N) is 1. The average Bonchev–Trinajstić information content (AvgIpc) is 2.50. The lowest BCUT2D eigenvalue weighted by molar-refractivity contribution is 0.0338. The number of pyridine rings is 1. The fourth-order valence-electron chi connectivity index (χ4n) is 2.32. The molecule has 2 rings (SSSR count). The minimum Gasteiger partial charge on any atom is -0.372 e. The number of hydrogen-bond donors (Lipinski definition) is 1. The van der Waals surface area contributed by atoms with Gasteiger partial charge in [0, 0.05) is 18.4 Å². The largest absolute Gasteiger partial charge is 0.372 e. The smallest absolute Gasteiger partial charge is 0.146 e. The number of aromatic nitrogens is 1. The molecule has 106 valence electrons. The minimum absolute atomic E-state index is 0.247. The van der Waals surface area contributed by atoms with Gasteiger partial charge in [0.25, 0.3) is 0 Å². The Morgan fingerprint density at radius 1 is 1.25 bits per heavy atom. The number of halogens is 1. The van der Waals surface area contributed by atoms with E-state index >= 15 is 0 Å². The number of ether oxygens (including phenoxy) is 1. The summed E-state index contributed by atoms with van der Waals surface area (Å²) in [5.41, 5.74) is 1.58. The van der Waals surface area contributed by atoms with Crippen molar-refractivity contribution in [3.63, 3.8) is 0 Å². The Morgan fingerprint density at radius 3 is 2.60 bits per heavy atom. The summed E-state index contributed by atoms with van der Waals surface area (Å²) < 4.78 is 19.8. The molecule has 0 amide bonds. The van der Waals surface area contributed by atoms with E-state index in [1.807, 2.05) is 37.3 Å². The molecule has 4 heteroatoms. The highest BCUT2D eigenvalue weighted by molar-refractivity contribution is 5.26. The van der Waals surface area contributed by atoms with Crippen LogP contribution in [0.1, 0.15) is 30.2 Å². The second-order valence-corrected chi connectivity index (χ2v) is 4.45. The first-order valence-corrected chi connectivity index (χ1v) is 6.71. The Kier molecular flexibility index (Phi) is 5.21. The molecule has 0 radical (unpaired) electrons. The lowest BCUT2D eigenvalue weighted by Gasteiger charge is -2.27. The SMILES string of the molecule is CCOC(c1ccccc1)C(NC)c1ccncc1F. The fraction of sp³-hybridized carbons (Fsp3) is 0.312. The summed E-state index contributed by atoms with van der Waals surface area (Å²) in [7, 11) is 1.81. The van der Waals surface area contributed by atoms with E-state index in [9.17, 15) is 4.39 Å². The van der Waals surface area contributed by atoms with E-state index in [2.05, 4.69) is 10.3 Å². The number of rotatable bonds is 6. The first-order chi connectivity index (χ1) is 9.77. The van der Waals surface area contributed by atoms with Crippen LogP contribution in [0.2, 0.25) is 0 Å². The molecule has 0 fully saturated rings. The third kappa shape index (κ3) is 3.21. The molecule has 0 aliphatic heterocycles. The van der Waals surface area contributed by atoms with Crippen molar-refractivity contribution in [1.82, 2.24) is 10.3 Å². The maximum Gasteiger partial charge on any atom is 0.146 e. The number of benzene rings is 1. The van der Waals surface area contributed by atoms with Crippen molar-refractivity contribution >= 4 is 0 Å². The van der Waals surface area contributed by atoms with Gasteiger partial charge < -0.3 is 10.1 Å². The molecule has 0 aliphatic rings. The zero-order chi connectivity index (χ0) is 14.4. The summed E-state index contributed by atoms with van der Waals surface area (Å²) in [5.74, 6) is -0.326. The Morgan fingerprint density at radius 2 is 2.00 bits per heavy atom. The second-order valence-electron chi connectivity index (χ2n) is 4.45. The van der Waals surface area contributed by atoms with Gasteiger partial charge in [-0.25, -0.2) is 4.39 Å². The molecule has 0 saturated carbocycles. The van der Waals surface area contributed by atoms with Crippen LogP contribution in [0.3, 0.4) is 0 Å². The molecule has 0 spiro atoms. The van der Waals surface area contributed by atoms with Gasteiger partial charge in [0.1, 0.15) is 11.9 Å². The lowest BCUT2D eigenvalue weighted by Crippen LogP contribution is -2.27. The van der Waals surface area contributed by atoms with Gasteiger partial charge >= 0.3 is 0 Å². The van der Waals surface area contributed by atoms with Crippen LogP contribution in [0, 0.1) is 5.82 Å². The highest BCUT2D eigenvalue weighted by Crippen LogP contribution is 2.32. The molecule has 1 aromatic carbocycles. The zero-order valence-electron chi connectivity index (χ0n) is 11.7. The normalized spacial score (nSPS) is 13.9. The Hall–Kier alpha value is -1.78. The van der Waals surface area contributed by atoms with Crippen LogP contribution in [0.4, 0.5) is 4.39 Å². The van der Waals surface area contributed by atoms with Crippen molar-refractivity contribution in [2.45, 2.75) is 19.1 Å². The molecule has 2 atom stereocenters. The van der Waals surface area contributed by atoms with Gasteiger partial charge in [-0.1, -0.05) is 30.3 Å². The standard InChI is InChI=1S/C16H19FN2O/c1-3-20-16(12-7-5-4-6-8-12)15(18-2)13-9-10-19-11-14(13)17/h4-11,15-16,18H,3H2,1-2H3. The zero-order valence-corrected chi connectivity index (χ0v) is 11.7. The number of nitrogens with one attached hydrogen (secondary N) is 1. The first-order valence-electron chi connectivity index (χ1n) is 6.71. The maximum absolute atomic E-state index is 14.0. The molecule has 1 heterocycles. The highest BCUT2D eigenvalue weighted by Gasteiger charge is 2.26. The summed E-state index contributed by atoms with van der Waals surface area (Å²) in [6.07, 6.45) is 2.58. The number of likely N-dealkylation sites (N-methyl/N-ethyl adjacent to an activating group) is 1. The van der Waals surface area contributed by atoms with Gasteiger partial charge in [0.15, 0.2) is 0 Å². The van der Waals surface area contributed by atoms with E-state index in [-0.39, 0.29) is 18.0 Å². The maximum atomic E-state index is 14.0. The fourth-order valence-corrected chi connectivity index (χ4v) is 2.32. The molecule has 2 aromatic rings. The molecule has 2 unspecified atom stereocenters. The average molecular weight is 274 g/mol. The van der Waals surface area contributed by atoms with Crippen molar-refractivity contribution in [3.8, 4) is 0 Å². The van der Waals surface area contributed by atoms with E-state index < -0.39 is 0 Å². The van der Waals surface area contributed by atoms with Crippen molar-refractivity contribution in [3.05, 3.63) is 65.7 Å². The van der Waals surface area contributed by atoms with Crippen molar-refractivity contribution in [2.24, 2.45) is 0 Å². The van der Waals surface area contributed by atoms with E-state index in [4.69, 9.17) is 4.74 Å². The molecule has 1 N–H and O–H groups in total. The Balaban J connectivity index is 2.38. The molecule has 0 bridgehead atoms. The monoisotopic (exact) mass is 274 g/mol. The van der Waals surface area contributed by atoms with Gasteiger partial charge in [-0.2, -0.15) is 0 Å². The van der Waals surface area contributed by atoms with Crippen LogP contribution in [0.5, 0.6) is 0 Å². The molecular formula is C16H19FN2O. The van der Waals surface area contributed by atoms with E-state index in [0.717, 1.165) is 5.56 Å². The lowest BCUT2D eigenvalue weighted by atomic mass is 9.96. The molecule has 0 saturated heterocycles. The summed E-state index contributed by atoms with van der Waals surface area (Å²) in [6.45, 7) is 2.50. The van der Waals surface area contributed by atoms with Gasteiger partial charge in [-0.15, -0.1) is 0 Å². The molecular weight excluding hydrogens is 255 g/mol. The highest BCUT2D eigenvalue weighted by atomic mass is 19.1. The Bertz CT molecular complexity index is 533. The van der Waals surface area contributed by atoms with Crippen LogP contribution in [-0.2, 0) is 4.74 Å². The first kappa shape index (κ1) is 14.6. The Labute approximate surface area is 118 Å². The van der Waals surface area contributed by atoms with Crippen LogP contribution < -0.4 is 5.32 Å². The van der Waals surface area contributed by atoms with Gasteiger partial charge in [0.05, 0.1) is 12.2 Å². The molecule has 0 aliphatic carbocycles. The van der Waals surface area contributed by atoms with Crippen LogP contribution in [0.15, 0.2) is 48.8 Å². The van der Waals surface area contributed by atoms with E-state index in [1.165, 1.54) is 6.20 Å². The molecule has 1 aromatic heterocycles. The molecule has 3 nitrogen and oxygen atoms in total. The quantitative estimate of drug-likeness (QED) is 0.878. The van der Waals surface area contributed by atoms with E-state index in [0.29, 0.717) is 12.2 Å². The van der Waals surface area contributed by atoms with Crippen LogP contribution in [0.25, 0.3) is 0 Å². The molecule has 20 heavy (non-hydrogen) atoms. The van der Waals surface area contributed by atoms with E-state index in [1.54, 1.807) is 19.3 Å². The number of hydrogen-bond acceptors (Lipinski definition) is 3.